The summed E-state index contributed by atoms with van der Waals surface area (Å²) in [5, 5.41) is 6.97. The minimum Gasteiger partial charge on any atom is -0.379 e. The topological polar surface area (TPSA) is 52.1 Å². The molecule has 2 N–H and O–H groups in total. The molecule has 0 aliphatic carbocycles. The van der Waals surface area contributed by atoms with Gasteiger partial charge in [-0.2, -0.15) is 0 Å². The molecule has 0 aromatic heterocycles. The van der Waals surface area contributed by atoms with Crippen molar-refractivity contribution in [3.63, 3.8) is 0 Å². The number of rotatable bonds is 7. The number of morpholine rings is 1. The van der Waals surface area contributed by atoms with Gasteiger partial charge < -0.3 is 20.3 Å². The van der Waals surface area contributed by atoms with Crippen molar-refractivity contribution in [3.8, 4) is 0 Å². The van der Waals surface area contributed by atoms with Gasteiger partial charge in [0.1, 0.15) is 0 Å². The molecule has 2 aliphatic rings. The van der Waals surface area contributed by atoms with Crippen LogP contribution in [0.25, 0.3) is 0 Å². The van der Waals surface area contributed by atoms with Gasteiger partial charge in [-0.15, -0.1) is 0 Å². The number of nitrogens with zero attached hydrogens (tertiary/aromatic N) is 3. The van der Waals surface area contributed by atoms with Gasteiger partial charge in [-0.1, -0.05) is 24.3 Å². The van der Waals surface area contributed by atoms with Crippen molar-refractivity contribution in [2.45, 2.75) is 32.9 Å². The normalized spacial score (nSPS) is 22.2. The Morgan fingerprint density at radius 3 is 2.68 bits per heavy atom. The van der Waals surface area contributed by atoms with Gasteiger partial charge in [0.2, 0.25) is 0 Å². The molecule has 2 heterocycles. The highest BCUT2D eigenvalue weighted by Crippen LogP contribution is 2.15. The maximum absolute atomic E-state index is 5.47. The quantitative estimate of drug-likeness (QED) is 0.553. The number of piperidine rings is 1. The van der Waals surface area contributed by atoms with Crippen LogP contribution in [0.1, 0.15) is 30.9 Å². The first-order valence-corrected chi connectivity index (χ1v) is 10.8. The minimum atomic E-state index is 0.705. The first-order chi connectivity index (χ1) is 13.7. The van der Waals surface area contributed by atoms with Crippen molar-refractivity contribution in [3.05, 3.63) is 35.4 Å². The summed E-state index contributed by atoms with van der Waals surface area (Å²) in [5.74, 6) is 1.63. The summed E-state index contributed by atoms with van der Waals surface area (Å²) >= 11 is 0. The number of likely N-dealkylation sites (tertiary alicyclic amines) is 1. The number of ether oxygens (including phenoxy) is 1. The van der Waals surface area contributed by atoms with Crippen molar-refractivity contribution in [1.29, 1.82) is 0 Å². The van der Waals surface area contributed by atoms with Crippen LogP contribution in [0.2, 0.25) is 0 Å². The van der Waals surface area contributed by atoms with E-state index in [1.165, 1.54) is 37.1 Å². The fourth-order valence-electron chi connectivity index (χ4n) is 4.05. The molecular weight excluding hydrogens is 350 g/mol. The van der Waals surface area contributed by atoms with Crippen LogP contribution >= 0.6 is 0 Å². The number of nitrogens with one attached hydrogen (secondary N) is 2. The fourth-order valence-corrected chi connectivity index (χ4v) is 4.05. The second-order valence-corrected chi connectivity index (χ2v) is 8.00. The number of hydrogen-bond donors (Lipinski definition) is 2. The van der Waals surface area contributed by atoms with Crippen LogP contribution in [0.15, 0.2) is 29.3 Å². The number of hydrogen-bond acceptors (Lipinski definition) is 4. The highest BCUT2D eigenvalue weighted by atomic mass is 16.5. The second kappa shape index (κ2) is 11.4. The lowest BCUT2D eigenvalue weighted by molar-refractivity contribution is 0.0341. The zero-order chi connectivity index (χ0) is 19.6. The second-order valence-electron chi connectivity index (χ2n) is 8.00. The molecule has 2 fully saturated rings. The summed E-state index contributed by atoms with van der Waals surface area (Å²) in [5.41, 5.74) is 2.68. The Morgan fingerprint density at radius 2 is 1.93 bits per heavy atom. The molecule has 3 rings (SSSR count). The van der Waals surface area contributed by atoms with E-state index in [1.54, 1.807) is 0 Å². The lowest BCUT2D eigenvalue weighted by Crippen LogP contribution is -2.43. The third-order valence-electron chi connectivity index (χ3n) is 5.65. The van der Waals surface area contributed by atoms with E-state index in [4.69, 9.17) is 9.73 Å². The van der Waals surface area contributed by atoms with Gasteiger partial charge in [-0.3, -0.25) is 4.90 Å². The first kappa shape index (κ1) is 21.1. The number of aliphatic imine (C=N–C) groups is 1. The predicted molar refractivity (Wildman–Crippen MR) is 116 cm³/mol. The summed E-state index contributed by atoms with van der Waals surface area (Å²) in [6, 6.07) is 8.69. The van der Waals surface area contributed by atoms with E-state index in [0.29, 0.717) is 12.5 Å². The molecule has 0 amide bonds. The van der Waals surface area contributed by atoms with Crippen LogP contribution in [0.3, 0.4) is 0 Å². The van der Waals surface area contributed by atoms with E-state index in [9.17, 15) is 0 Å². The Morgan fingerprint density at radius 1 is 1.14 bits per heavy atom. The summed E-state index contributed by atoms with van der Waals surface area (Å²) in [7, 11) is 2.22. The highest BCUT2D eigenvalue weighted by Gasteiger charge is 2.17. The molecule has 6 heteroatoms. The van der Waals surface area contributed by atoms with Crippen LogP contribution in [-0.2, 0) is 17.8 Å². The monoisotopic (exact) mass is 387 g/mol. The van der Waals surface area contributed by atoms with Crippen LogP contribution in [0.4, 0.5) is 0 Å². The lowest BCUT2D eigenvalue weighted by atomic mass is 9.99. The van der Waals surface area contributed by atoms with Crippen LogP contribution < -0.4 is 10.6 Å². The van der Waals surface area contributed by atoms with E-state index in [0.717, 1.165) is 51.9 Å². The van der Waals surface area contributed by atoms with Crippen molar-refractivity contribution < 1.29 is 4.74 Å². The predicted octanol–water partition coefficient (Wildman–Crippen LogP) is 1.92. The van der Waals surface area contributed by atoms with Gasteiger partial charge in [-0.25, -0.2) is 4.99 Å². The van der Waals surface area contributed by atoms with E-state index >= 15 is 0 Å². The highest BCUT2D eigenvalue weighted by molar-refractivity contribution is 5.79. The average molecular weight is 388 g/mol. The molecule has 2 saturated heterocycles. The molecule has 156 valence electrons. The summed E-state index contributed by atoms with van der Waals surface area (Å²) in [4.78, 5) is 9.78. The van der Waals surface area contributed by atoms with Crippen molar-refractivity contribution in [1.82, 2.24) is 20.4 Å². The van der Waals surface area contributed by atoms with Gasteiger partial charge in [0, 0.05) is 39.3 Å². The van der Waals surface area contributed by atoms with Crippen LogP contribution in [0.5, 0.6) is 0 Å². The van der Waals surface area contributed by atoms with Crippen LogP contribution in [0, 0.1) is 5.92 Å². The molecule has 2 aliphatic heterocycles. The van der Waals surface area contributed by atoms with E-state index in [2.05, 4.69) is 58.7 Å². The average Bonchev–Trinajstić information content (AvgIpc) is 2.72. The third-order valence-corrected chi connectivity index (χ3v) is 5.65. The Kier molecular flexibility index (Phi) is 8.58. The Bertz CT molecular complexity index is 615. The van der Waals surface area contributed by atoms with Crippen molar-refractivity contribution in [2.75, 3.05) is 59.5 Å². The first-order valence-electron chi connectivity index (χ1n) is 10.8. The smallest absolute Gasteiger partial charge is 0.191 e. The summed E-state index contributed by atoms with van der Waals surface area (Å²) < 4.78 is 5.47. The standard InChI is InChI=1S/C22H37N5O/c1-3-23-22(24-15-19-7-6-10-26(2)17-19)25-16-20-8-4-5-9-21(20)18-27-11-13-28-14-12-27/h4-5,8-9,19H,3,6-7,10-18H2,1-2H3,(H2,23,24,25). The largest absolute Gasteiger partial charge is 0.379 e. The Labute approximate surface area is 170 Å². The van der Waals surface area contributed by atoms with E-state index < -0.39 is 0 Å². The molecule has 0 saturated carbocycles. The molecular formula is C22H37N5O. The number of benzene rings is 1. The lowest BCUT2D eigenvalue weighted by Gasteiger charge is -2.30. The molecule has 1 atom stereocenters. The van der Waals surface area contributed by atoms with Crippen molar-refractivity contribution in [2.24, 2.45) is 10.9 Å². The molecule has 0 radical (unpaired) electrons. The number of guanidine groups is 1. The molecule has 6 nitrogen and oxygen atoms in total. The Balaban J connectivity index is 1.57. The molecule has 0 bridgehead atoms. The summed E-state index contributed by atoms with van der Waals surface area (Å²) in [6.07, 6.45) is 2.60. The zero-order valence-corrected chi connectivity index (χ0v) is 17.6. The molecule has 0 spiro atoms. The van der Waals surface area contributed by atoms with E-state index in [1.807, 2.05) is 0 Å². The van der Waals surface area contributed by atoms with Crippen molar-refractivity contribution >= 4 is 5.96 Å². The van der Waals surface area contributed by atoms with Gasteiger partial charge in [0.15, 0.2) is 5.96 Å². The zero-order valence-electron chi connectivity index (χ0n) is 17.6. The maximum atomic E-state index is 5.47. The van der Waals surface area contributed by atoms with Crippen LogP contribution in [-0.4, -0.2) is 75.3 Å². The third kappa shape index (κ3) is 6.76. The molecule has 1 aromatic carbocycles. The fraction of sp³-hybridized carbons (Fsp3) is 0.682. The SMILES string of the molecule is CCNC(=NCc1ccccc1CN1CCOCC1)NCC1CCCN(C)C1. The molecule has 1 aromatic rings. The van der Waals surface area contributed by atoms with Gasteiger partial charge >= 0.3 is 0 Å². The Hall–Kier alpha value is -1.63. The minimum absolute atomic E-state index is 0.705. The molecule has 28 heavy (non-hydrogen) atoms. The maximum Gasteiger partial charge on any atom is 0.191 e. The van der Waals surface area contributed by atoms with Gasteiger partial charge in [0.05, 0.1) is 19.8 Å². The van der Waals surface area contributed by atoms with E-state index in [-0.39, 0.29) is 0 Å². The summed E-state index contributed by atoms with van der Waals surface area (Å²) in [6.45, 7) is 11.8. The van der Waals surface area contributed by atoms with Gasteiger partial charge in [-0.05, 0) is 50.4 Å². The van der Waals surface area contributed by atoms with Gasteiger partial charge in [0.25, 0.3) is 0 Å². The molecule has 1 unspecified atom stereocenters.